The molecule has 2 rings (SSSR count). The Morgan fingerprint density at radius 2 is 1.90 bits per heavy atom. The van der Waals surface area contributed by atoms with Crippen molar-refractivity contribution in [3.05, 3.63) is 47.2 Å². The van der Waals surface area contributed by atoms with Crippen LogP contribution in [-0.2, 0) is 0 Å². The fourth-order valence-corrected chi connectivity index (χ4v) is 5.24. The second kappa shape index (κ2) is 6.87. The summed E-state index contributed by atoms with van der Waals surface area (Å²) in [6, 6.07) is 5.07. The van der Waals surface area contributed by atoms with E-state index < -0.39 is 0 Å². The Morgan fingerprint density at radius 1 is 1.20 bits per heavy atom. The van der Waals surface area contributed by atoms with Gasteiger partial charge in [0, 0.05) is 11.6 Å². The number of hydrogen-bond donors (Lipinski definition) is 1. The zero-order chi connectivity index (χ0) is 14.9. The van der Waals surface area contributed by atoms with Crippen LogP contribution in [0.15, 0.2) is 30.2 Å². The fraction of sp³-hybridized carbons (Fsp3) is 0.231. The van der Waals surface area contributed by atoms with E-state index in [1.807, 2.05) is 13.1 Å². The van der Waals surface area contributed by atoms with Gasteiger partial charge in [-0.05, 0) is 72.5 Å². The maximum atomic E-state index is 13.6. The molecule has 1 aromatic carbocycles. The normalized spacial score (nSPS) is 12.5. The zero-order valence-corrected chi connectivity index (χ0v) is 16.2. The number of thiophene rings is 1. The molecule has 0 aliphatic rings. The van der Waals surface area contributed by atoms with Gasteiger partial charge in [-0.3, -0.25) is 0 Å². The monoisotopic (exact) mass is 485 g/mol. The van der Waals surface area contributed by atoms with Crippen LogP contribution in [0, 0.1) is 5.82 Å². The Kier molecular flexibility index (Phi) is 5.64. The first-order valence-electron chi connectivity index (χ1n) is 5.62. The molecule has 0 aliphatic carbocycles. The summed E-state index contributed by atoms with van der Waals surface area (Å²) < 4.78 is 21.4. The Balaban J connectivity index is 2.57. The maximum absolute atomic E-state index is 13.6. The Bertz CT molecular complexity index is 632. The van der Waals surface area contributed by atoms with Gasteiger partial charge in [0.2, 0.25) is 0 Å². The van der Waals surface area contributed by atoms with Gasteiger partial charge in [0.15, 0.2) is 0 Å². The standard InChI is InChI=1S/C13H11Br3FNOS/c1-18-12(7-4-11(15)20-13(7)16)6-3-8(14)9(17)5-10(6)19-2/h3-5,12,18H,1-2H3. The topological polar surface area (TPSA) is 21.3 Å². The number of rotatable bonds is 4. The van der Waals surface area contributed by atoms with Crippen LogP contribution >= 0.6 is 59.1 Å². The SMILES string of the molecule is CNC(c1cc(Br)c(F)cc1OC)c1cc(Br)sc1Br. The molecular formula is C13H11Br3FNOS. The summed E-state index contributed by atoms with van der Waals surface area (Å²) >= 11 is 11.9. The van der Waals surface area contributed by atoms with E-state index in [1.165, 1.54) is 13.2 Å². The van der Waals surface area contributed by atoms with Gasteiger partial charge < -0.3 is 10.1 Å². The molecule has 1 unspecified atom stereocenters. The molecule has 1 aromatic heterocycles. The van der Waals surface area contributed by atoms with Crippen LogP contribution in [0.25, 0.3) is 0 Å². The van der Waals surface area contributed by atoms with Gasteiger partial charge in [-0.15, -0.1) is 11.3 Å². The van der Waals surface area contributed by atoms with E-state index in [0.29, 0.717) is 10.2 Å². The van der Waals surface area contributed by atoms with Crippen molar-refractivity contribution in [1.82, 2.24) is 5.32 Å². The minimum atomic E-state index is -0.342. The lowest BCUT2D eigenvalue weighted by atomic mass is 10.0. The second-order valence-electron chi connectivity index (χ2n) is 4.01. The summed E-state index contributed by atoms with van der Waals surface area (Å²) in [5.41, 5.74) is 1.94. The van der Waals surface area contributed by atoms with Crippen molar-refractivity contribution >= 4 is 59.1 Å². The summed E-state index contributed by atoms with van der Waals surface area (Å²) in [7, 11) is 3.40. The smallest absolute Gasteiger partial charge is 0.141 e. The molecule has 1 heterocycles. The first-order valence-corrected chi connectivity index (χ1v) is 8.82. The molecule has 1 atom stereocenters. The van der Waals surface area contributed by atoms with Crippen LogP contribution in [0.3, 0.4) is 0 Å². The summed E-state index contributed by atoms with van der Waals surface area (Å²) in [5.74, 6) is 0.172. The van der Waals surface area contributed by atoms with E-state index in [0.717, 1.165) is 18.7 Å². The van der Waals surface area contributed by atoms with E-state index in [4.69, 9.17) is 4.74 Å². The summed E-state index contributed by atoms with van der Waals surface area (Å²) in [4.78, 5) is 0. The van der Waals surface area contributed by atoms with E-state index >= 15 is 0 Å². The molecule has 2 aromatic rings. The molecule has 2 nitrogen and oxygen atoms in total. The highest BCUT2D eigenvalue weighted by molar-refractivity contribution is 9.12. The molecule has 0 saturated heterocycles. The molecule has 108 valence electrons. The summed E-state index contributed by atoms with van der Waals surface area (Å²) in [5, 5.41) is 3.24. The molecule has 20 heavy (non-hydrogen) atoms. The number of hydrogen-bond acceptors (Lipinski definition) is 3. The third-order valence-electron chi connectivity index (χ3n) is 2.87. The lowest BCUT2D eigenvalue weighted by Gasteiger charge is -2.20. The Hall–Kier alpha value is 0.0500. The van der Waals surface area contributed by atoms with Crippen LogP contribution in [0.1, 0.15) is 17.2 Å². The van der Waals surface area contributed by atoms with Crippen LogP contribution in [0.2, 0.25) is 0 Å². The average Bonchev–Trinajstić information content (AvgIpc) is 2.73. The van der Waals surface area contributed by atoms with Crippen molar-refractivity contribution in [2.24, 2.45) is 0 Å². The van der Waals surface area contributed by atoms with Gasteiger partial charge >= 0.3 is 0 Å². The van der Waals surface area contributed by atoms with Gasteiger partial charge in [0.05, 0.1) is 25.2 Å². The number of halogens is 4. The van der Waals surface area contributed by atoms with Crippen molar-refractivity contribution in [3.8, 4) is 5.75 Å². The van der Waals surface area contributed by atoms with E-state index in [9.17, 15) is 4.39 Å². The largest absolute Gasteiger partial charge is 0.496 e. The highest BCUT2D eigenvalue weighted by atomic mass is 79.9. The first kappa shape index (κ1) is 16.4. The molecule has 1 N–H and O–H groups in total. The number of ether oxygens (including phenoxy) is 1. The van der Waals surface area contributed by atoms with Gasteiger partial charge in [0.25, 0.3) is 0 Å². The lowest BCUT2D eigenvalue weighted by molar-refractivity contribution is 0.401. The molecular weight excluding hydrogens is 477 g/mol. The second-order valence-corrected chi connectivity index (χ2v) is 8.61. The highest BCUT2D eigenvalue weighted by Gasteiger charge is 2.22. The predicted molar refractivity (Wildman–Crippen MR) is 91.3 cm³/mol. The molecule has 0 saturated carbocycles. The Morgan fingerprint density at radius 3 is 2.40 bits per heavy atom. The van der Waals surface area contributed by atoms with Gasteiger partial charge in [-0.2, -0.15) is 0 Å². The van der Waals surface area contributed by atoms with E-state index in [1.54, 1.807) is 17.4 Å². The first-order chi connectivity index (χ1) is 9.47. The van der Waals surface area contributed by atoms with Gasteiger partial charge in [-0.25, -0.2) is 4.39 Å². The number of methoxy groups -OCH3 is 1. The van der Waals surface area contributed by atoms with Crippen LogP contribution < -0.4 is 10.1 Å². The quantitative estimate of drug-likeness (QED) is 0.615. The van der Waals surface area contributed by atoms with Gasteiger partial charge in [0.1, 0.15) is 11.6 Å². The molecule has 0 radical (unpaired) electrons. The van der Waals surface area contributed by atoms with Crippen LogP contribution in [-0.4, -0.2) is 14.2 Å². The van der Waals surface area contributed by atoms with Crippen molar-refractivity contribution in [2.75, 3.05) is 14.2 Å². The van der Waals surface area contributed by atoms with E-state index in [2.05, 4.69) is 53.1 Å². The zero-order valence-electron chi connectivity index (χ0n) is 10.6. The molecule has 0 amide bonds. The van der Waals surface area contributed by atoms with Crippen molar-refractivity contribution in [3.63, 3.8) is 0 Å². The summed E-state index contributed by atoms with van der Waals surface area (Å²) in [6.45, 7) is 0. The molecule has 7 heteroatoms. The van der Waals surface area contributed by atoms with E-state index in [-0.39, 0.29) is 11.9 Å². The lowest BCUT2D eigenvalue weighted by Crippen LogP contribution is -2.18. The predicted octanol–water partition coefficient (Wildman–Crippen LogP) is 5.49. The average molecular weight is 488 g/mol. The minimum Gasteiger partial charge on any atom is -0.496 e. The maximum Gasteiger partial charge on any atom is 0.141 e. The van der Waals surface area contributed by atoms with Crippen molar-refractivity contribution in [1.29, 1.82) is 0 Å². The van der Waals surface area contributed by atoms with Crippen molar-refractivity contribution < 1.29 is 9.13 Å². The molecule has 0 fully saturated rings. The third-order valence-corrected chi connectivity index (χ3v) is 5.86. The summed E-state index contributed by atoms with van der Waals surface area (Å²) in [6.07, 6.45) is 0. The number of nitrogens with one attached hydrogen (secondary N) is 1. The van der Waals surface area contributed by atoms with Crippen LogP contribution in [0.4, 0.5) is 4.39 Å². The molecule has 0 spiro atoms. The molecule has 0 bridgehead atoms. The van der Waals surface area contributed by atoms with Crippen LogP contribution in [0.5, 0.6) is 5.75 Å². The number of benzene rings is 1. The molecule has 0 aliphatic heterocycles. The van der Waals surface area contributed by atoms with Crippen molar-refractivity contribution in [2.45, 2.75) is 6.04 Å². The Labute approximate surface area is 146 Å². The minimum absolute atomic E-state index is 0.0984. The highest BCUT2D eigenvalue weighted by Crippen LogP contribution is 2.41. The van der Waals surface area contributed by atoms with Gasteiger partial charge in [-0.1, -0.05) is 0 Å². The fourth-order valence-electron chi connectivity index (χ4n) is 1.97. The third kappa shape index (κ3) is 3.27.